The first-order chi connectivity index (χ1) is 15.3. The Morgan fingerprint density at radius 3 is 2.50 bits per heavy atom. The van der Waals surface area contributed by atoms with Crippen molar-refractivity contribution in [3.63, 3.8) is 0 Å². The van der Waals surface area contributed by atoms with E-state index in [-0.39, 0.29) is 0 Å². The van der Waals surface area contributed by atoms with Crippen molar-refractivity contribution >= 4 is 6.72 Å². The summed E-state index contributed by atoms with van der Waals surface area (Å²) < 4.78 is 0. The Bertz CT molecular complexity index is 943. The van der Waals surface area contributed by atoms with Gasteiger partial charge in [0.05, 0.1) is 17.1 Å². The molecule has 3 aliphatic rings. The number of likely N-dealkylation sites (N-methyl/N-ethyl adjacent to an activating group) is 1. The lowest BCUT2D eigenvalue weighted by molar-refractivity contribution is 0.172. The Kier molecular flexibility index (Phi) is 6.38. The average molecular weight is 432 g/mol. The molecule has 0 radical (unpaired) electrons. The van der Waals surface area contributed by atoms with Gasteiger partial charge in [0.1, 0.15) is 0 Å². The lowest BCUT2D eigenvalue weighted by Crippen LogP contribution is -2.48. The number of nitrogens with zero attached hydrogens (tertiary/aromatic N) is 3. The number of piperazine rings is 1. The van der Waals surface area contributed by atoms with Gasteiger partial charge in [-0.15, -0.1) is 0 Å². The SMILES string of the molecule is C=NC(=C)/C(C)=C1/C(=C)N(C)C(C)CN1CCC1(c2cc(C)cc(C3CC3)c2)CCCC1. The van der Waals surface area contributed by atoms with Gasteiger partial charge in [0.25, 0.3) is 0 Å². The van der Waals surface area contributed by atoms with Crippen molar-refractivity contribution in [1.82, 2.24) is 9.80 Å². The fourth-order valence-corrected chi connectivity index (χ4v) is 5.92. The summed E-state index contributed by atoms with van der Waals surface area (Å²) in [4.78, 5) is 8.97. The molecule has 1 aromatic carbocycles. The molecule has 3 fully saturated rings. The molecule has 1 unspecified atom stereocenters. The lowest BCUT2D eigenvalue weighted by Gasteiger charge is -2.45. The number of aliphatic imine (C=N–C) groups is 1. The first kappa shape index (κ1) is 22.9. The van der Waals surface area contributed by atoms with E-state index in [0.717, 1.165) is 36.0 Å². The van der Waals surface area contributed by atoms with Crippen LogP contribution in [0.2, 0.25) is 0 Å². The van der Waals surface area contributed by atoms with E-state index < -0.39 is 0 Å². The molecule has 172 valence electrons. The van der Waals surface area contributed by atoms with Crippen molar-refractivity contribution in [3.8, 4) is 0 Å². The minimum atomic E-state index is 0.302. The van der Waals surface area contributed by atoms with Gasteiger partial charge < -0.3 is 9.80 Å². The highest BCUT2D eigenvalue weighted by Crippen LogP contribution is 2.47. The largest absolute Gasteiger partial charge is 0.369 e. The number of hydrogen-bond donors (Lipinski definition) is 0. The molecule has 2 saturated carbocycles. The van der Waals surface area contributed by atoms with Crippen LogP contribution in [0.15, 0.2) is 59.0 Å². The van der Waals surface area contributed by atoms with Crippen LogP contribution in [0.5, 0.6) is 0 Å². The Morgan fingerprint density at radius 1 is 1.19 bits per heavy atom. The number of rotatable bonds is 7. The van der Waals surface area contributed by atoms with E-state index in [9.17, 15) is 0 Å². The number of hydrogen-bond acceptors (Lipinski definition) is 3. The molecule has 1 atom stereocenters. The molecule has 3 heteroatoms. The normalized spacial score (nSPS) is 24.6. The van der Waals surface area contributed by atoms with Crippen LogP contribution in [-0.4, -0.2) is 42.7 Å². The van der Waals surface area contributed by atoms with Crippen LogP contribution in [0.25, 0.3) is 0 Å². The van der Waals surface area contributed by atoms with E-state index in [2.05, 4.69) is 80.7 Å². The summed E-state index contributed by atoms with van der Waals surface area (Å²) in [5.74, 6) is 0.809. The Morgan fingerprint density at radius 2 is 1.88 bits per heavy atom. The first-order valence-electron chi connectivity index (χ1n) is 12.4. The van der Waals surface area contributed by atoms with Crippen LogP contribution in [0, 0.1) is 6.92 Å². The van der Waals surface area contributed by atoms with Crippen molar-refractivity contribution in [2.24, 2.45) is 4.99 Å². The van der Waals surface area contributed by atoms with Gasteiger partial charge in [0, 0.05) is 26.2 Å². The van der Waals surface area contributed by atoms with Crippen LogP contribution in [0.4, 0.5) is 0 Å². The maximum absolute atomic E-state index is 4.44. The van der Waals surface area contributed by atoms with Gasteiger partial charge in [-0.2, -0.15) is 0 Å². The quantitative estimate of drug-likeness (QED) is 0.447. The second-order valence-electron chi connectivity index (χ2n) is 10.6. The maximum atomic E-state index is 4.44. The predicted octanol–water partition coefficient (Wildman–Crippen LogP) is 6.71. The monoisotopic (exact) mass is 431 g/mol. The highest BCUT2D eigenvalue weighted by molar-refractivity contribution is 5.45. The highest BCUT2D eigenvalue weighted by Gasteiger charge is 2.38. The van der Waals surface area contributed by atoms with E-state index in [1.807, 2.05) is 0 Å². The highest BCUT2D eigenvalue weighted by atomic mass is 15.3. The Labute approximate surface area is 195 Å². The van der Waals surface area contributed by atoms with Gasteiger partial charge in [-0.3, -0.25) is 4.99 Å². The predicted molar refractivity (Wildman–Crippen MR) is 137 cm³/mol. The standard InChI is InChI=1S/C29H41N3/c1-20-16-26(25-10-11-25)18-27(17-20)29(12-8-9-13-29)14-15-32-19-21(2)31(7)24(5)28(32)22(3)23(4)30-6/h16-18,21,25H,4-6,8-15,19H2,1-3,7H3/b28-22-. The molecule has 0 N–H and O–H groups in total. The summed E-state index contributed by atoms with van der Waals surface area (Å²) in [7, 11) is 2.15. The zero-order valence-corrected chi connectivity index (χ0v) is 20.7. The third-order valence-corrected chi connectivity index (χ3v) is 8.32. The molecule has 1 heterocycles. The molecule has 0 aromatic heterocycles. The molecule has 2 aliphatic carbocycles. The fourth-order valence-electron chi connectivity index (χ4n) is 5.92. The summed E-state index contributed by atoms with van der Waals surface area (Å²) in [5.41, 5.74) is 9.01. The van der Waals surface area contributed by atoms with Crippen molar-refractivity contribution in [3.05, 3.63) is 70.7 Å². The third kappa shape index (κ3) is 4.31. The number of aryl methyl sites for hydroxylation is 1. The molecule has 32 heavy (non-hydrogen) atoms. The number of allylic oxidation sites excluding steroid dienone is 1. The van der Waals surface area contributed by atoms with Crippen LogP contribution in [0.3, 0.4) is 0 Å². The summed E-state index contributed by atoms with van der Waals surface area (Å²) in [5, 5.41) is 0. The van der Waals surface area contributed by atoms with Gasteiger partial charge in [-0.05, 0) is 87.6 Å². The van der Waals surface area contributed by atoms with Crippen molar-refractivity contribution in [2.45, 2.75) is 83.1 Å². The summed E-state index contributed by atoms with van der Waals surface area (Å²) in [6.45, 7) is 21.0. The van der Waals surface area contributed by atoms with Gasteiger partial charge in [0.15, 0.2) is 0 Å². The molecular formula is C29H41N3. The van der Waals surface area contributed by atoms with E-state index in [0.29, 0.717) is 11.5 Å². The molecule has 1 aromatic rings. The van der Waals surface area contributed by atoms with Gasteiger partial charge in [0.2, 0.25) is 0 Å². The number of benzene rings is 1. The molecule has 4 rings (SSSR count). The van der Waals surface area contributed by atoms with E-state index in [1.165, 1.54) is 56.2 Å². The van der Waals surface area contributed by atoms with E-state index in [4.69, 9.17) is 0 Å². The van der Waals surface area contributed by atoms with Crippen LogP contribution in [-0.2, 0) is 5.41 Å². The van der Waals surface area contributed by atoms with Gasteiger partial charge in [-0.1, -0.05) is 49.8 Å². The van der Waals surface area contributed by atoms with Crippen LogP contribution in [0.1, 0.15) is 81.4 Å². The van der Waals surface area contributed by atoms with Gasteiger partial charge >= 0.3 is 0 Å². The summed E-state index contributed by atoms with van der Waals surface area (Å²) >= 11 is 0. The van der Waals surface area contributed by atoms with Crippen LogP contribution >= 0.6 is 0 Å². The van der Waals surface area contributed by atoms with Crippen molar-refractivity contribution in [2.75, 3.05) is 20.1 Å². The lowest BCUT2D eigenvalue weighted by atomic mass is 9.74. The zero-order valence-electron chi connectivity index (χ0n) is 20.7. The molecule has 0 bridgehead atoms. The third-order valence-electron chi connectivity index (χ3n) is 8.32. The molecule has 1 aliphatic heterocycles. The second-order valence-corrected chi connectivity index (χ2v) is 10.6. The van der Waals surface area contributed by atoms with Crippen molar-refractivity contribution < 1.29 is 0 Å². The Balaban J connectivity index is 1.63. The fraction of sp³-hybridized carbons (Fsp3) is 0.552. The first-order valence-corrected chi connectivity index (χ1v) is 12.4. The molecule has 3 nitrogen and oxygen atoms in total. The second kappa shape index (κ2) is 8.92. The molecular weight excluding hydrogens is 390 g/mol. The van der Waals surface area contributed by atoms with Crippen LogP contribution < -0.4 is 0 Å². The molecule has 0 amide bonds. The minimum absolute atomic E-state index is 0.302. The minimum Gasteiger partial charge on any atom is -0.369 e. The Hall–Kier alpha value is -2.29. The topological polar surface area (TPSA) is 18.8 Å². The van der Waals surface area contributed by atoms with E-state index >= 15 is 0 Å². The van der Waals surface area contributed by atoms with Crippen molar-refractivity contribution in [1.29, 1.82) is 0 Å². The summed E-state index contributed by atoms with van der Waals surface area (Å²) in [6.07, 6.45) is 9.23. The zero-order chi connectivity index (χ0) is 23.0. The van der Waals surface area contributed by atoms with Gasteiger partial charge in [-0.25, -0.2) is 0 Å². The maximum Gasteiger partial charge on any atom is 0.0649 e. The van der Waals surface area contributed by atoms with E-state index in [1.54, 1.807) is 11.1 Å². The summed E-state index contributed by atoms with van der Waals surface area (Å²) in [6, 6.07) is 7.90. The smallest absolute Gasteiger partial charge is 0.0649 e. The molecule has 1 saturated heterocycles. The average Bonchev–Trinajstić information content (AvgIpc) is 3.52. The molecule has 0 spiro atoms.